The number of carbonyl (C=O) groups is 5. The molecule has 2 heterocycles. The molecule has 48 heavy (non-hydrogen) atoms. The minimum atomic E-state index is -3.90. The molecule has 2 aliphatic heterocycles. The van der Waals surface area contributed by atoms with Crippen LogP contribution in [0.2, 0.25) is 0 Å². The number of ether oxygens (including phenoxy) is 2. The molecular formula is C33H43N5O9S. The number of nitrogens with one attached hydrogen (secondary N) is 4. The Morgan fingerprint density at radius 2 is 1.90 bits per heavy atom. The molecule has 15 heteroatoms. The Hall–Kier alpha value is -4.40. The van der Waals surface area contributed by atoms with Gasteiger partial charge in [-0.25, -0.2) is 18.0 Å². The maximum atomic E-state index is 14.0. The lowest BCUT2D eigenvalue weighted by atomic mass is 10.0. The van der Waals surface area contributed by atoms with E-state index in [0.717, 1.165) is 11.1 Å². The van der Waals surface area contributed by atoms with Crippen LogP contribution in [-0.4, -0.2) is 85.4 Å². The minimum Gasteiger partial charge on any atom is -0.450 e. The molecule has 14 nitrogen and oxygen atoms in total. The Morgan fingerprint density at radius 1 is 1.15 bits per heavy atom. The van der Waals surface area contributed by atoms with Crippen LogP contribution in [0, 0.1) is 11.8 Å². The SMILES string of the molecule is C=C[C@H]1C[C@]1(NC(=O)[C@@H]1C[C@H]2CN1C(=O)[C@H](C(C)C)NC(=O)OCCC/C=C/c1ccccc1CNC(=O)O2)C(=O)NS(=O)(=O)C1CC1. The molecule has 4 aliphatic rings. The Labute approximate surface area is 280 Å². The van der Waals surface area contributed by atoms with Crippen molar-refractivity contribution in [1.29, 1.82) is 0 Å². The molecule has 2 bridgehead atoms. The highest BCUT2D eigenvalue weighted by molar-refractivity contribution is 7.91. The maximum Gasteiger partial charge on any atom is 0.407 e. The number of carbonyl (C=O) groups excluding carboxylic acids is 5. The van der Waals surface area contributed by atoms with Gasteiger partial charge in [0.1, 0.15) is 23.7 Å². The number of cyclic esters (lactones) is 1. The standard InChI is InChI=1S/C33H43N5O9S/c1-4-23-17-33(23,30(41)37-48(44,45)25-13-14-25)36-28(39)26-16-24-19-38(26)29(40)27(20(2)3)35-32(43)46-15-9-5-6-10-21-11-7-8-12-22(21)18-34-31(42)47-24/h4,6-8,10-12,20,23-27H,1,5,9,13-19H2,2-3H3,(H,34,42)(H,35,43)(H,36,39)(H,37,41)/b10-6+/t23-,24-,26-,27-,33+/m0/s1. The molecule has 4 N–H and O–H groups in total. The van der Waals surface area contributed by atoms with Crippen molar-refractivity contribution in [3.05, 3.63) is 54.1 Å². The lowest BCUT2D eigenvalue weighted by Gasteiger charge is -2.31. The molecule has 0 radical (unpaired) electrons. The first-order valence-corrected chi connectivity index (χ1v) is 17.8. The minimum absolute atomic E-state index is 0.101. The summed E-state index contributed by atoms with van der Waals surface area (Å²) >= 11 is 0. The Bertz CT molecular complexity index is 1590. The van der Waals surface area contributed by atoms with Gasteiger partial charge in [-0.1, -0.05) is 56.3 Å². The number of sulfonamides is 1. The second kappa shape index (κ2) is 14.4. The van der Waals surface area contributed by atoms with Gasteiger partial charge in [0.2, 0.25) is 21.8 Å². The van der Waals surface area contributed by atoms with Gasteiger partial charge in [0.25, 0.3) is 5.91 Å². The number of benzene rings is 1. The lowest BCUT2D eigenvalue weighted by Crippen LogP contribution is -2.59. The maximum absolute atomic E-state index is 14.0. The number of nitrogens with zero attached hydrogens (tertiary/aromatic N) is 1. The number of hydrogen-bond acceptors (Lipinski definition) is 9. The average molecular weight is 686 g/mol. The summed E-state index contributed by atoms with van der Waals surface area (Å²) < 4.78 is 38.2. The number of hydrogen-bond donors (Lipinski definition) is 4. The van der Waals surface area contributed by atoms with E-state index in [1.807, 2.05) is 36.4 Å². The molecule has 3 fully saturated rings. The third kappa shape index (κ3) is 8.00. The number of allylic oxidation sites excluding steroid dienone is 1. The summed E-state index contributed by atoms with van der Waals surface area (Å²) in [6, 6.07) is 5.22. The summed E-state index contributed by atoms with van der Waals surface area (Å²) in [6.07, 6.45) is 4.97. The average Bonchev–Trinajstić information content (AvgIpc) is 3.97. The number of rotatable bonds is 7. The zero-order valence-electron chi connectivity index (χ0n) is 27.1. The van der Waals surface area contributed by atoms with Crippen molar-refractivity contribution < 1.29 is 41.9 Å². The largest absolute Gasteiger partial charge is 0.450 e. The van der Waals surface area contributed by atoms with Crippen molar-refractivity contribution in [2.24, 2.45) is 11.8 Å². The Kier molecular flexibility index (Phi) is 10.5. The van der Waals surface area contributed by atoms with Crippen LogP contribution in [-0.2, 0) is 40.4 Å². The summed E-state index contributed by atoms with van der Waals surface area (Å²) in [5.74, 6) is -3.15. The number of amides is 5. The molecule has 5 atom stereocenters. The highest BCUT2D eigenvalue weighted by atomic mass is 32.2. The van der Waals surface area contributed by atoms with E-state index in [1.165, 1.54) is 11.0 Å². The van der Waals surface area contributed by atoms with Crippen LogP contribution in [0.5, 0.6) is 0 Å². The van der Waals surface area contributed by atoms with Gasteiger partial charge in [-0.3, -0.25) is 19.1 Å². The number of fused-ring (bicyclic) bond motifs is 3. The summed E-state index contributed by atoms with van der Waals surface area (Å²) in [6.45, 7) is 7.29. The zero-order valence-corrected chi connectivity index (χ0v) is 27.9. The van der Waals surface area contributed by atoms with E-state index in [-0.39, 0.29) is 32.5 Å². The fraction of sp³-hybridized carbons (Fsp3) is 0.545. The highest BCUT2D eigenvalue weighted by Crippen LogP contribution is 2.45. The second-order valence-electron chi connectivity index (χ2n) is 13.1. The normalized spacial score (nSPS) is 29.0. The van der Waals surface area contributed by atoms with Gasteiger partial charge < -0.3 is 30.3 Å². The smallest absolute Gasteiger partial charge is 0.407 e. The van der Waals surface area contributed by atoms with E-state index in [1.54, 1.807) is 13.8 Å². The van der Waals surface area contributed by atoms with Gasteiger partial charge in [-0.05, 0) is 49.1 Å². The molecule has 260 valence electrons. The summed E-state index contributed by atoms with van der Waals surface area (Å²) in [4.78, 5) is 68.1. The monoisotopic (exact) mass is 685 g/mol. The molecule has 1 aromatic carbocycles. The third-order valence-corrected chi connectivity index (χ3v) is 10.9. The molecule has 5 rings (SSSR count). The van der Waals surface area contributed by atoms with Gasteiger partial charge in [0.05, 0.1) is 18.4 Å². The van der Waals surface area contributed by atoms with Crippen LogP contribution in [0.4, 0.5) is 9.59 Å². The predicted molar refractivity (Wildman–Crippen MR) is 174 cm³/mol. The van der Waals surface area contributed by atoms with Crippen molar-refractivity contribution in [2.75, 3.05) is 13.2 Å². The Morgan fingerprint density at radius 3 is 2.58 bits per heavy atom. The molecule has 5 amide bonds. The van der Waals surface area contributed by atoms with E-state index in [0.29, 0.717) is 25.7 Å². The molecule has 2 aliphatic carbocycles. The first-order chi connectivity index (χ1) is 22.8. The molecular weight excluding hydrogens is 642 g/mol. The number of alkyl carbamates (subject to hydrolysis) is 2. The summed E-state index contributed by atoms with van der Waals surface area (Å²) in [7, 11) is -3.90. The van der Waals surface area contributed by atoms with E-state index in [2.05, 4.69) is 27.3 Å². The molecule has 1 saturated heterocycles. The van der Waals surface area contributed by atoms with E-state index in [9.17, 15) is 32.4 Å². The highest BCUT2D eigenvalue weighted by Gasteiger charge is 2.62. The van der Waals surface area contributed by atoms with Crippen LogP contribution in [0.25, 0.3) is 6.08 Å². The van der Waals surface area contributed by atoms with Crippen LogP contribution in [0.15, 0.2) is 43.0 Å². The van der Waals surface area contributed by atoms with Crippen LogP contribution in [0.3, 0.4) is 0 Å². The molecule has 0 spiro atoms. The summed E-state index contributed by atoms with van der Waals surface area (Å²) in [5, 5.41) is 7.40. The van der Waals surface area contributed by atoms with Crippen molar-refractivity contribution in [3.8, 4) is 0 Å². The van der Waals surface area contributed by atoms with Gasteiger partial charge in [-0.2, -0.15) is 0 Å². The molecule has 1 aromatic rings. The third-order valence-electron chi connectivity index (χ3n) is 9.10. The summed E-state index contributed by atoms with van der Waals surface area (Å²) in [5.41, 5.74) is 0.162. The van der Waals surface area contributed by atoms with Crippen molar-refractivity contribution in [1.82, 2.24) is 25.6 Å². The first kappa shape index (κ1) is 34.9. The second-order valence-corrected chi connectivity index (χ2v) is 15.0. The van der Waals surface area contributed by atoms with Gasteiger partial charge in [0.15, 0.2) is 0 Å². The van der Waals surface area contributed by atoms with Crippen molar-refractivity contribution in [3.63, 3.8) is 0 Å². The molecule has 2 saturated carbocycles. The molecule has 0 unspecified atom stereocenters. The van der Waals surface area contributed by atoms with Crippen molar-refractivity contribution in [2.45, 2.75) is 87.9 Å². The lowest BCUT2D eigenvalue weighted by molar-refractivity contribution is -0.141. The zero-order chi connectivity index (χ0) is 34.6. The fourth-order valence-electron chi connectivity index (χ4n) is 6.05. The van der Waals surface area contributed by atoms with Crippen LogP contribution >= 0.6 is 0 Å². The topological polar surface area (TPSA) is 189 Å². The van der Waals surface area contributed by atoms with Crippen LogP contribution < -0.4 is 20.7 Å². The van der Waals surface area contributed by atoms with E-state index < -0.39 is 80.7 Å². The van der Waals surface area contributed by atoms with E-state index >= 15 is 0 Å². The van der Waals surface area contributed by atoms with Crippen molar-refractivity contribution >= 4 is 46.0 Å². The molecule has 0 aromatic heterocycles. The van der Waals surface area contributed by atoms with Gasteiger partial charge in [0, 0.05) is 18.9 Å². The predicted octanol–water partition coefficient (Wildman–Crippen LogP) is 2.11. The first-order valence-electron chi connectivity index (χ1n) is 16.3. The quantitative estimate of drug-likeness (QED) is 0.312. The van der Waals surface area contributed by atoms with Gasteiger partial charge >= 0.3 is 12.2 Å². The van der Waals surface area contributed by atoms with Crippen LogP contribution in [0.1, 0.15) is 63.5 Å². The van der Waals surface area contributed by atoms with Gasteiger partial charge in [-0.15, -0.1) is 6.58 Å². The Balaban J connectivity index is 1.38. The fourth-order valence-corrected chi connectivity index (χ4v) is 7.41. The van der Waals surface area contributed by atoms with E-state index in [4.69, 9.17) is 9.47 Å².